The summed E-state index contributed by atoms with van der Waals surface area (Å²) < 4.78 is 0. The molecular formula is C49H31N3. The topological polar surface area (TPSA) is 38.7 Å². The fourth-order valence-electron chi connectivity index (χ4n) is 7.48. The van der Waals surface area contributed by atoms with Crippen LogP contribution in [-0.4, -0.2) is 15.0 Å². The van der Waals surface area contributed by atoms with E-state index in [0.29, 0.717) is 5.82 Å². The standard InChI is InChI=1S/C49H31N3/c1-2-9-36(10-3-1)49-51-47(31-48(52-49)35-23-19-33(20-24-35)41-27-28-50-46-16-7-6-13-44(41)46)34-21-17-32(18-22-34)40-14-8-15-42-43(40)26-25-39-29-37-11-4-5-12-38(37)30-45(39)42/h1-31H. The third kappa shape index (κ3) is 5.28. The van der Waals surface area contributed by atoms with E-state index in [1.54, 1.807) is 0 Å². The lowest BCUT2D eigenvalue weighted by Gasteiger charge is -2.12. The van der Waals surface area contributed by atoms with E-state index in [-0.39, 0.29) is 0 Å². The van der Waals surface area contributed by atoms with Gasteiger partial charge in [-0.1, -0.05) is 152 Å². The molecule has 0 saturated carbocycles. The first-order valence-corrected chi connectivity index (χ1v) is 17.6. The minimum Gasteiger partial charge on any atom is -0.256 e. The Hall–Kier alpha value is -6.97. The highest BCUT2D eigenvalue weighted by Crippen LogP contribution is 2.37. The normalized spacial score (nSPS) is 11.5. The molecule has 0 saturated heterocycles. The van der Waals surface area contributed by atoms with Gasteiger partial charge in [-0.15, -0.1) is 0 Å². The molecule has 0 N–H and O–H groups in total. The first kappa shape index (κ1) is 29.9. The molecule has 0 atom stereocenters. The second-order valence-corrected chi connectivity index (χ2v) is 13.2. The molecule has 0 unspecified atom stereocenters. The summed E-state index contributed by atoms with van der Waals surface area (Å²) in [6, 6.07) is 64.5. The highest BCUT2D eigenvalue weighted by Gasteiger charge is 2.13. The number of aromatic nitrogens is 3. The summed E-state index contributed by atoms with van der Waals surface area (Å²) >= 11 is 0. The molecule has 0 aliphatic rings. The van der Waals surface area contributed by atoms with Crippen LogP contribution >= 0.6 is 0 Å². The molecule has 0 bridgehead atoms. The lowest BCUT2D eigenvalue weighted by molar-refractivity contribution is 1.18. The minimum absolute atomic E-state index is 0.704. The zero-order chi connectivity index (χ0) is 34.4. The highest BCUT2D eigenvalue weighted by atomic mass is 14.9. The van der Waals surface area contributed by atoms with Crippen LogP contribution in [0.4, 0.5) is 0 Å². The smallest absolute Gasteiger partial charge is 0.160 e. The van der Waals surface area contributed by atoms with Crippen LogP contribution in [0.5, 0.6) is 0 Å². The van der Waals surface area contributed by atoms with Gasteiger partial charge < -0.3 is 0 Å². The number of nitrogens with zero attached hydrogens (tertiary/aromatic N) is 3. The van der Waals surface area contributed by atoms with Crippen LogP contribution in [0.2, 0.25) is 0 Å². The van der Waals surface area contributed by atoms with E-state index in [2.05, 4.69) is 163 Å². The van der Waals surface area contributed by atoms with E-state index >= 15 is 0 Å². The highest BCUT2D eigenvalue weighted by molar-refractivity contribution is 6.15. The largest absolute Gasteiger partial charge is 0.256 e. The summed E-state index contributed by atoms with van der Waals surface area (Å²) in [6.07, 6.45) is 1.88. The Kier molecular flexibility index (Phi) is 7.14. The first-order chi connectivity index (χ1) is 25.7. The van der Waals surface area contributed by atoms with Crippen molar-refractivity contribution in [1.29, 1.82) is 0 Å². The maximum atomic E-state index is 5.09. The van der Waals surface area contributed by atoms with Crippen LogP contribution in [0, 0.1) is 0 Å². The molecule has 0 aliphatic carbocycles. The van der Waals surface area contributed by atoms with E-state index < -0.39 is 0 Å². The van der Waals surface area contributed by atoms with Gasteiger partial charge in [0.15, 0.2) is 5.82 Å². The molecular weight excluding hydrogens is 631 g/mol. The van der Waals surface area contributed by atoms with Crippen molar-refractivity contribution in [2.75, 3.05) is 0 Å². The summed E-state index contributed by atoms with van der Waals surface area (Å²) in [4.78, 5) is 14.7. The van der Waals surface area contributed by atoms with Gasteiger partial charge in [0.2, 0.25) is 0 Å². The van der Waals surface area contributed by atoms with Crippen molar-refractivity contribution in [2.24, 2.45) is 0 Å². The van der Waals surface area contributed by atoms with E-state index in [1.807, 2.05) is 30.5 Å². The van der Waals surface area contributed by atoms with E-state index in [0.717, 1.165) is 44.5 Å². The van der Waals surface area contributed by atoms with E-state index in [9.17, 15) is 0 Å². The van der Waals surface area contributed by atoms with Crippen molar-refractivity contribution in [3.05, 3.63) is 188 Å². The number of hydrogen-bond donors (Lipinski definition) is 0. The molecule has 3 nitrogen and oxygen atoms in total. The molecule has 2 heterocycles. The second kappa shape index (κ2) is 12.4. The zero-order valence-corrected chi connectivity index (χ0v) is 28.2. The predicted octanol–water partition coefficient (Wildman–Crippen LogP) is 12.8. The Labute approximate surface area is 301 Å². The Balaban J connectivity index is 1.04. The fourth-order valence-corrected chi connectivity index (χ4v) is 7.48. The van der Waals surface area contributed by atoms with Gasteiger partial charge in [0.05, 0.1) is 16.9 Å². The van der Waals surface area contributed by atoms with Gasteiger partial charge in [-0.25, -0.2) is 9.97 Å². The summed E-state index contributed by atoms with van der Waals surface area (Å²) in [7, 11) is 0. The van der Waals surface area contributed by atoms with Crippen LogP contribution in [0.15, 0.2) is 188 Å². The van der Waals surface area contributed by atoms with Crippen LogP contribution in [-0.2, 0) is 0 Å². The Bertz CT molecular complexity index is 2930. The number of benzene rings is 8. The molecule has 0 spiro atoms. The molecule has 2 aromatic heterocycles. The van der Waals surface area contributed by atoms with Crippen molar-refractivity contribution in [3.8, 4) is 56.2 Å². The SMILES string of the molecule is c1ccc(-c2nc(-c3ccc(-c4ccnc5ccccc45)cc3)cc(-c3ccc(-c4cccc5c4ccc4cc6ccccc6cc45)cc3)n2)cc1. The molecule has 8 aromatic carbocycles. The maximum absolute atomic E-state index is 5.09. The van der Waals surface area contributed by atoms with Gasteiger partial charge in [0.1, 0.15) is 0 Å². The number of para-hydroxylation sites is 1. The molecule has 0 radical (unpaired) electrons. The van der Waals surface area contributed by atoms with Gasteiger partial charge in [0.25, 0.3) is 0 Å². The predicted molar refractivity (Wildman–Crippen MR) is 217 cm³/mol. The third-order valence-electron chi connectivity index (χ3n) is 10.1. The Morgan fingerprint density at radius 3 is 1.63 bits per heavy atom. The molecule has 10 aromatic rings. The lowest BCUT2D eigenvalue weighted by Crippen LogP contribution is -1.96. The fraction of sp³-hybridized carbons (Fsp3) is 0. The van der Waals surface area contributed by atoms with Crippen molar-refractivity contribution in [3.63, 3.8) is 0 Å². The molecule has 0 amide bonds. The molecule has 10 rings (SSSR count). The quantitative estimate of drug-likeness (QED) is 0.136. The van der Waals surface area contributed by atoms with Gasteiger partial charge in [-0.05, 0) is 84.9 Å². The van der Waals surface area contributed by atoms with E-state index in [1.165, 1.54) is 49.0 Å². The molecule has 52 heavy (non-hydrogen) atoms. The molecule has 242 valence electrons. The van der Waals surface area contributed by atoms with Gasteiger partial charge in [-0.2, -0.15) is 0 Å². The number of rotatable bonds is 5. The summed E-state index contributed by atoms with van der Waals surface area (Å²) in [5.74, 6) is 0.704. The van der Waals surface area contributed by atoms with Gasteiger partial charge >= 0.3 is 0 Å². The Morgan fingerprint density at radius 1 is 0.308 bits per heavy atom. The van der Waals surface area contributed by atoms with Crippen molar-refractivity contribution < 1.29 is 0 Å². The van der Waals surface area contributed by atoms with Crippen molar-refractivity contribution >= 4 is 43.2 Å². The number of hydrogen-bond acceptors (Lipinski definition) is 3. The summed E-state index contributed by atoms with van der Waals surface area (Å²) in [5.41, 5.74) is 10.5. The van der Waals surface area contributed by atoms with Crippen molar-refractivity contribution in [1.82, 2.24) is 15.0 Å². The van der Waals surface area contributed by atoms with Crippen LogP contribution in [0.3, 0.4) is 0 Å². The molecule has 3 heteroatoms. The second-order valence-electron chi connectivity index (χ2n) is 13.2. The van der Waals surface area contributed by atoms with Crippen molar-refractivity contribution in [2.45, 2.75) is 0 Å². The maximum Gasteiger partial charge on any atom is 0.160 e. The third-order valence-corrected chi connectivity index (χ3v) is 10.1. The molecule has 0 fully saturated rings. The average Bonchev–Trinajstić information content (AvgIpc) is 3.23. The Morgan fingerprint density at radius 2 is 0.904 bits per heavy atom. The minimum atomic E-state index is 0.704. The lowest BCUT2D eigenvalue weighted by atomic mass is 9.93. The van der Waals surface area contributed by atoms with Crippen LogP contribution in [0.1, 0.15) is 0 Å². The molecule has 0 aliphatic heterocycles. The summed E-state index contributed by atoms with van der Waals surface area (Å²) in [5, 5.41) is 8.71. The van der Waals surface area contributed by atoms with Gasteiger partial charge in [0, 0.05) is 28.3 Å². The van der Waals surface area contributed by atoms with Gasteiger partial charge in [-0.3, -0.25) is 4.98 Å². The average molecular weight is 662 g/mol. The van der Waals surface area contributed by atoms with E-state index in [4.69, 9.17) is 9.97 Å². The first-order valence-electron chi connectivity index (χ1n) is 17.6. The number of fused-ring (bicyclic) bond motifs is 5. The van der Waals surface area contributed by atoms with Crippen LogP contribution < -0.4 is 0 Å². The monoisotopic (exact) mass is 661 g/mol. The zero-order valence-electron chi connectivity index (χ0n) is 28.2. The van der Waals surface area contributed by atoms with Crippen LogP contribution in [0.25, 0.3) is 99.4 Å². The number of pyridine rings is 1. The summed E-state index contributed by atoms with van der Waals surface area (Å²) in [6.45, 7) is 0.